The Morgan fingerprint density at radius 2 is 1.95 bits per heavy atom. The Hall–Kier alpha value is -1.74. The van der Waals surface area contributed by atoms with Crippen LogP contribution >= 0.6 is 0 Å². The van der Waals surface area contributed by atoms with Crippen molar-refractivity contribution in [2.45, 2.75) is 26.0 Å². The molecule has 0 saturated heterocycles. The second-order valence-electron chi connectivity index (χ2n) is 5.17. The fourth-order valence-electron chi connectivity index (χ4n) is 2.65. The van der Waals surface area contributed by atoms with Gasteiger partial charge in [0.25, 0.3) is 0 Å². The van der Waals surface area contributed by atoms with Crippen LogP contribution in [-0.4, -0.2) is 18.5 Å². The van der Waals surface area contributed by atoms with E-state index in [1.54, 1.807) is 0 Å². The van der Waals surface area contributed by atoms with Crippen LogP contribution in [0, 0.1) is 6.92 Å². The standard InChI is InChI=1S/C16H15BO2/c1-10-11-5-3-4-6-12(11)15-13(14(10)9-18)7-8-16(2,17)19-15/h3-8,18H,9H2,1-2H3. The Balaban J connectivity index is 2.43. The van der Waals surface area contributed by atoms with Crippen molar-refractivity contribution in [1.82, 2.24) is 0 Å². The highest BCUT2D eigenvalue weighted by Crippen LogP contribution is 2.41. The smallest absolute Gasteiger partial charge is 0.137 e. The average molecular weight is 250 g/mol. The molecule has 0 amide bonds. The molecule has 1 aliphatic heterocycles. The van der Waals surface area contributed by atoms with Crippen molar-refractivity contribution < 1.29 is 9.84 Å². The van der Waals surface area contributed by atoms with Crippen molar-refractivity contribution in [3.8, 4) is 5.75 Å². The summed E-state index contributed by atoms with van der Waals surface area (Å²) < 4.78 is 5.91. The van der Waals surface area contributed by atoms with Gasteiger partial charge in [-0.1, -0.05) is 36.4 Å². The summed E-state index contributed by atoms with van der Waals surface area (Å²) in [5.41, 5.74) is 2.12. The van der Waals surface area contributed by atoms with Gasteiger partial charge >= 0.3 is 0 Å². The summed E-state index contributed by atoms with van der Waals surface area (Å²) in [5, 5.41) is 11.8. The monoisotopic (exact) mass is 250 g/mol. The first kappa shape index (κ1) is 12.3. The Morgan fingerprint density at radius 3 is 2.63 bits per heavy atom. The van der Waals surface area contributed by atoms with Crippen LogP contribution in [0.3, 0.4) is 0 Å². The van der Waals surface area contributed by atoms with Gasteiger partial charge in [-0.25, -0.2) is 0 Å². The Kier molecular flexibility index (Phi) is 2.68. The molecule has 0 saturated carbocycles. The van der Waals surface area contributed by atoms with Gasteiger partial charge in [0.2, 0.25) is 0 Å². The number of rotatable bonds is 1. The number of aryl methyl sites for hydroxylation is 1. The quantitative estimate of drug-likeness (QED) is 0.788. The van der Waals surface area contributed by atoms with Crippen LogP contribution in [0.1, 0.15) is 23.6 Å². The van der Waals surface area contributed by atoms with Gasteiger partial charge in [-0.3, -0.25) is 0 Å². The molecule has 2 radical (unpaired) electrons. The van der Waals surface area contributed by atoms with E-state index >= 15 is 0 Å². The predicted octanol–water partition coefficient (Wildman–Crippen LogP) is 2.93. The fourth-order valence-corrected chi connectivity index (χ4v) is 2.65. The number of aliphatic hydroxyl groups is 1. The number of aliphatic hydroxyl groups excluding tert-OH is 1. The molecule has 1 unspecified atom stereocenters. The molecule has 1 N–H and O–H groups in total. The van der Waals surface area contributed by atoms with Crippen LogP contribution < -0.4 is 4.74 Å². The van der Waals surface area contributed by atoms with Crippen LogP contribution in [0.5, 0.6) is 5.75 Å². The van der Waals surface area contributed by atoms with Crippen LogP contribution in [0.4, 0.5) is 0 Å². The summed E-state index contributed by atoms with van der Waals surface area (Å²) in [6, 6.07) is 8.04. The van der Waals surface area contributed by atoms with Crippen LogP contribution in [0.25, 0.3) is 16.8 Å². The van der Waals surface area contributed by atoms with E-state index in [2.05, 4.69) is 0 Å². The second-order valence-corrected chi connectivity index (χ2v) is 5.17. The largest absolute Gasteiger partial charge is 0.492 e. The number of ether oxygens (including phenoxy) is 1. The van der Waals surface area contributed by atoms with Crippen molar-refractivity contribution in [2.24, 2.45) is 0 Å². The van der Waals surface area contributed by atoms with Gasteiger partial charge in [-0.15, -0.1) is 0 Å². The molecular weight excluding hydrogens is 235 g/mol. The molecule has 19 heavy (non-hydrogen) atoms. The molecule has 0 fully saturated rings. The summed E-state index contributed by atoms with van der Waals surface area (Å²) >= 11 is 0. The molecule has 2 aromatic carbocycles. The molecule has 0 aromatic heterocycles. The van der Waals surface area contributed by atoms with Crippen LogP contribution in [-0.2, 0) is 6.61 Å². The van der Waals surface area contributed by atoms with E-state index < -0.39 is 5.50 Å². The highest BCUT2D eigenvalue weighted by atomic mass is 16.5. The first-order chi connectivity index (χ1) is 9.03. The van der Waals surface area contributed by atoms with Gasteiger partial charge in [-0.05, 0) is 30.4 Å². The molecule has 0 aliphatic carbocycles. The molecule has 2 nitrogen and oxygen atoms in total. The molecular formula is C16H15BO2. The fraction of sp³-hybridized carbons (Fsp3) is 0.250. The lowest BCUT2D eigenvalue weighted by molar-refractivity contribution is 0.225. The van der Waals surface area contributed by atoms with Crippen molar-refractivity contribution in [1.29, 1.82) is 0 Å². The lowest BCUT2D eigenvalue weighted by atomic mass is 9.80. The SMILES string of the molecule is [B]C1(C)C=Cc2c(CO)c(C)c3ccccc3c2O1. The maximum atomic E-state index is 9.64. The van der Waals surface area contributed by atoms with Crippen molar-refractivity contribution >= 4 is 24.7 Å². The van der Waals surface area contributed by atoms with Crippen molar-refractivity contribution in [3.05, 3.63) is 47.0 Å². The minimum Gasteiger partial charge on any atom is -0.492 e. The van der Waals surface area contributed by atoms with E-state index in [1.165, 1.54) is 0 Å². The maximum Gasteiger partial charge on any atom is 0.137 e. The molecule has 3 heteroatoms. The first-order valence-electron chi connectivity index (χ1n) is 6.35. The normalized spacial score (nSPS) is 21.2. The van der Waals surface area contributed by atoms with E-state index in [-0.39, 0.29) is 6.61 Å². The van der Waals surface area contributed by atoms with Gasteiger partial charge in [0.05, 0.1) is 12.1 Å². The van der Waals surface area contributed by atoms with E-state index in [9.17, 15) is 5.11 Å². The molecule has 0 spiro atoms. The van der Waals surface area contributed by atoms with E-state index in [1.807, 2.05) is 50.3 Å². The van der Waals surface area contributed by atoms with Gasteiger partial charge in [0, 0.05) is 10.9 Å². The highest BCUT2D eigenvalue weighted by Gasteiger charge is 2.25. The summed E-state index contributed by atoms with van der Waals surface area (Å²) in [5.74, 6) is 0.762. The highest BCUT2D eigenvalue weighted by molar-refractivity contribution is 6.17. The summed E-state index contributed by atoms with van der Waals surface area (Å²) in [6.07, 6.45) is 3.77. The molecule has 1 atom stereocenters. The number of hydrogen-bond acceptors (Lipinski definition) is 2. The predicted molar refractivity (Wildman–Crippen MR) is 78.4 cm³/mol. The number of hydrogen-bond donors (Lipinski definition) is 1. The minimum atomic E-state index is -0.808. The lowest BCUT2D eigenvalue weighted by Crippen LogP contribution is -2.32. The van der Waals surface area contributed by atoms with Crippen molar-refractivity contribution in [3.63, 3.8) is 0 Å². The minimum absolute atomic E-state index is 0.00597. The topological polar surface area (TPSA) is 29.5 Å². The first-order valence-corrected chi connectivity index (χ1v) is 6.35. The van der Waals surface area contributed by atoms with Gasteiger partial charge in [0.1, 0.15) is 13.6 Å². The van der Waals surface area contributed by atoms with Crippen molar-refractivity contribution in [2.75, 3.05) is 0 Å². The lowest BCUT2D eigenvalue weighted by Gasteiger charge is -2.31. The van der Waals surface area contributed by atoms with Crippen LogP contribution in [0.2, 0.25) is 0 Å². The van der Waals surface area contributed by atoms with Gasteiger partial charge in [-0.2, -0.15) is 0 Å². The van der Waals surface area contributed by atoms with E-state index in [0.29, 0.717) is 0 Å². The summed E-state index contributed by atoms with van der Waals surface area (Å²) in [4.78, 5) is 0. The third-order valence-electron chi connectivity index (χ3n) is 3.66. The Labute approximate surface area is 114 Å². The zero-order chi connectivity index (χ0) is 13.6. The average Bonchev–Trinajstić information content (AvgIpc) is 2.40. The second kappa shape index (κ2) is 4.14. The zero-order valence-electron chi connectivity index (χ0n) is 11.1. The Bertz CT molecular complexity index is 687. The zero-order valence-corrected chi connectivity index (χ0v) is 11.1. The number of benzene rings is 2. The van der Waals surface area contributed by atoms with E-state index in [4.69, 9.17) is 12.6 Å². The molecule has 0 bridgehead atoms. The summed E-state index contributed by atoms with van der Waals surface area (Å²) in [7, 11) is 6.04. The van der Waals surface area contributed by atoms with E-state index in [0.717, 1.165) is 33.2 Å². The third-order valence-corrected chi connectivity index (χ3v) is 3.66. The Morgan fingerprint density at radius 1 is 1.26 bits per heavy atom. The van der Waals surface area contributed by atoms with Crippen LogP contribution in [0.15, 0.2) is 30.3 Å². The maximum absolute atomic E-state index is 9.64. The molecule has 2 aromatic rings. The van der Waals surface area contributed by atoms with Gasteiger partial charge < -0.3 is 9.84 Å². The molecule has 94 valence electrons. The molecule has 1 aliphatic rings. The van der Waals surface area contributed by atoms with Gasteiger partial charge in [0.15, 0.2) is 0 Å². The summed E-state index contributed by atoms with van der Waals surface area (Å²) in [6.45, 7) is 3.84. The third kappa shape index (κ3) is 1.85. The molecule has 3 rings (SSSR count). The number of fused-ring (bicyclic) bond motifs is 3. The molecule has 1 heterocycles.